The minimum atomic E-state index is -4.53. The van der Waals surface area contributed by atoms with Gasteiger partial charge in [-0.25, -0.2) is 8.78 Å². The van der Waals surface area contributed by atoms with E-state index in [1.54, 1.807) is 0 Å². The third-order valence-corrected chi connectivity index (χ3v) is 2.20. The third-order valence-electron chi connectivity index (χ3n) is 2.20. The Morgan fingerprint density at radius 3 is 2.07 bits per heavy atom. The minimum Gasteiger partial charge on any atom is -0.337 e. The van der Waals surface area contributed by atoms with Gasteiger partial charge in [0.2, 0.25) is 0 Å². The standard InChI is InChI=1S/C8H11F4NO/c9-6(10)8(11,12)7(14)13-4-2-1-3-5-13/h6H,1-5H2. The van der Waals surface area contributed by atoms with E-state index in [0.29, 0.717) is 12.8 Å². The van der Waals surface area contributed by atoms with E-state index in [1.165, 1.54) is 0 Å². The van der Waals surface area contributed by atoms with Crippen molar-refractivity contribution in [3.05, 3.63) is 0 Å². The number of carbonyl (C=O) groups excluding carboxylic acids is 1. The molecule has 2 nitrogen and oxygen atoms in total. The predicted molar refractivity (Wildman–Crippen MR) is 41.4 cm³/mol. The van der Waals surface area contributed by atoms with Gasteiger partial charge in [0.05, 0.1) is 0 Å². The average molecular weight is 213 g/mol. The molecule has 1 aliphatic heterocycles. The van der Waals surface area contributed by atoms with Crippen LogP contribution in [0.15, 0.2) is 0 Å². The van der Waals surface area contributed by atoms with Gasteiger partial charge in [-0.05, 0) is 19.3 Å². The number of likely N-dealkylation sites (tertiary alicyclic amines) is 1. The van der Waals surface area contributed by atoms with E-state index >= 15 is 0 Å². The first-order valence-electron chi connectivity index (χ1n) is 4.41. The normalized spacial score (nSPS) is 18.8. The summed E-state index contributed by atoms with van der Waals surface area (Å²) in [6, 6.07) is 0. The van der Waals surface area contributed by atoms with E-state index in [1.807, 2.05) is 0 Å². The summed E-state index contributed by atoms with van der Waals surface area (Å²) in [5, 5.41) is 0. The van der Waals surface area contributed by atoms with E-state index in [2.05, 4.69) is 0 Å². The van der Waals surface area contributed by atoms with Gasteiger partial charge in [0.25, 0.3) is 5.91 Å². The van der Waals surface area contributed by atoms with Crippen LogP contribution < -0.4 is 0 Å². The molecule has 1 saturated heterocycles. The van der Waals surface area contributed by atoms with Crippen LogP contribution in [0, 0.1) is 0 Å². The molecule has 0 aromatic rings. The number of nitrogens with zero attached hydrogens (tertiary/aromatic N) is 1. The Kier molecular flexibility index (Phi) is 3.34. The highest BCUT2D eigenvalue weighted by Gasteiger charge is 2.51. The number of alkyl halides is 4. The Bertz CT molecular complexity index is 213. The minimum absolute atomic E-state index is 0.154. The van der Waals surface area contributed by atoms with Crippen molar-refractivity contribution < 1.29 is 22.4 Å². The number of hydrogen-bond donors (Lipinski definition) is 0. The molecule has 0 aromatic heterocycles. The second-order valence-electron chi connectivity index (χ2n) is 3.28. The SMILES string of the molecule is O=C(N1CCCCC1)C(F)(F)C(F)F. The predicted octanol–water partition coefficient (Wildman–Crippen LogP) is 1.90. The lowest BCUT2D eigenvalue weighted by molar-refractivity contribution is -0.181. The second-order valence-corrected chi connectivity index (χ2v) is 3.28. The molecule has 0 unspecified atom stereocenters. The Morgan fingerprint density at radius 2 is 1.64 bits per heavy atom. The zero-order valence-corrected chi connectivity index (χ0v) is 7.48. The van der Waals surface area contributed by atoms with Gasteiger partial charge in [-0.2, -0.15) is 8.78 Å². The Hall–Kier alpha value is -0.810. The monoisotopic (exact) mass is 213 g/mol. The number of carbonyl (C=O) groups is 1. The van der Waals surface area contributed by atoms with Gasteiger partial charge >= 0.3 is 12.3 Å². The lowest BCUT2D eigenvalue weighted by atomic mass is 10.1. The lowest BCUT2D eigenvalue weighted by Gasteiger charge is -2.29. The molecule has 1 amide bonds. The van der Waals surface area contributed by atoms with Gasteiger partial charge in [0.15, 0.2) is 0 Å². The molecule has 0 spiro atoms. The first-order chi connectivity index (χ1) is 6.46. The highest BCUT2D eigenvalue weighted by atomic mass is 19.3. The molecule has 0 N–H and O–H groups in total. The fourth-order valence-corrected chi connectivity index (χ4v) is 1.40. The molecule has 0 atom stereocenters. The number of piperidine rings is 1. The van der Waals surface area contributed by atoms with Crippen LogP contribution in [-0.2, 0) is 4.79 Å². The molecule has 0 bridgehead atoms. The lowest BCUT2D eigenvalue weighted by Crippen LogP contribution is -2.49. The highest BCUT2D eigenvalue weighted by Crippen LogP contribution is 2.26. The number of hydrogen-bond acceptors (Lipinski definition) is 1. The van der Waals surface area contributed by atoms with Crippen LogP contribution in [0.2, 0.25) is 0 Å². The van der Waals surface area contributed by atoms with E-state index in [4.69, 9.17) is 0 Å². The van der Waals surface area contributed by atoms with Gasteiger partial charge in [0, 0.05) is 13.1 Å². The topological polar surface area (TPSA) is 20.3 Å². The average Bonchev–Trinajstić information content (AvgIpc) is 2.17. The molecule has 14 heavy (non-hydrogen) atoms. The van der Waals surface area contributed by atoms with Gasteiger partial charge in [-0.3, -0.25) is 4.79 Å². The quantitative estimate of drug-likeness (QED) is 0.641. The van der Waals surface area contributed by atoms with E-state index in [0.717, 1.165) is 11.3 Å². The van der Waals surface area contributed by atoms with Crippen molar-refractivity contribution in [2.45, 2.75) is 31.6 Å². The van der Waals surface area contributed by atoms with E-state index < -0.39 is 18.3 Å². The van der Waals surface area contributed by atoms with Gasteiger partial charge in [-0.15, -0.1) is 0 Å². The Morgan fingerprint density at radius 1 is 1.14 bits per heavy atom. The summed E-state index contributed by atoms with van der Waals surface area (Å²) in [4.78, 5) is 11.8. The van der Waals surface area contributed by atoms with Crippen molar-refractivity contribution in [2.24, 2.45) is 0 Å². The van der Waals surface area contributed by atoms with E-state index in [-0.39, 0.29) is 13.1 Å². The van der Waals surface area contributed by atoms with Gasteiger partial charge in [0.1, 0.15) is 0 Å². The zero-order chi connectivity index (χ0) is 10.8. The van der Waals surface area contributed by atoms with Gasteiger partial charge < -0.3 is 4.90 Å². The van der Waals surface area contributed by atoms with Crippen molar-refractivity contribution in [2.75, 3.05) is 13.1 Å². The molecule has 1 heterocycles. The third kappa shape index (κ3) is 2.16. The molecule has 0 saturated carbocycles. The molecule has 1 aliphatic rings. The maximum absolute atomic E-state index is 12.6. The van der Waals surface area contributed by atoms with Crippen LogP contribution in [0.4, 0.5) is 17.6 Å². The molecule has 6 heteroatoms. The maximum atomic E-state index is 12.6. The van der Waals surface area contributed by atoms with Gasteiger partial charge in [-0.1, -0.05) is 0 Å². The van der Waals surface area contributed by atoms with Crippen LogP contribution in [0.5, 0.6) is 0 Å². The molecule has 82 valence electrons. The van der Waals surface area contributed by atoms with Crippen LogP contribution in [0.1, 0.15) is 19.3 Å². The van der Waals surface area contributed by atoms with Crippen molar-refractivity contribution in [3.63, 3.8) is 0 Å². The smallest absolute Gasteiger partial charge is 0.337 e. The van der Waals surface area contributed by atoms with Crippen LogP contribution in [0.3, 0.4) is 0 Å². The first-order valence-corrected chi connectivity index (χ1v) is 4.41. The van der Waals surface area contributed by atoms with E-state index in [9.17, 15) is 22.4 Å². The summed E-state index contributed by atoms with van der Waals surface area (Å²) in [7, 11) is 0. The van der Waals surface area contributed by atoms with Crippen molar-refractivity contribution >= 4 is 5.91 Å². The summed E-state index contributed by atoms with van der Waals surface area (Å²) in [6.45, 7) is 0.308. The van der Waals surface area contributed by atoms with Crippen molar-refractivity contribution in [1.82, 2.24) is 4.90 Å². The summed E-state index contributed by atoms with van der Waals surface area (Å²) >= 11 is 0. The largest absolute Gasteiger partial charge is 0.383 e. The molecule has 0 aliphatic carbocycles. The fraction of sp³-hybridized carbons (Fsp3) is 0.875. The molecule has 1 fully saturated rings. The van der Waals surface area contributed by atoms with Crippen molar-refractivity contribution in [3.8, 4) is 0 Å². The second kappa shape index (κ2) is 4.14. The van der Waals surface area contributed by atoms with Crippen molar-refractivity contribution in [1.29, 1.82) is 0 Å². The molecule has 1 rings (SSSR count). The molecule has 0 radical (unpaired) electrons. The number of amides is 1. The Balaban J connectivity index is 2.63. The summed E-state index contributed by atoms with van der Waals surface area (Å²) in [5.74, 6) is -6.27. The maximum Gasteiger partial charge on any atom is 0.383 e. The fourth-order valence-electron chi connectivity index (χ4n) is 1.40. The summed E-state index contributed by atoms with van der Waals surface area (Å²) in [5.41, 5.74) is 0. The molecular formula is C8H11F4NO. The summed E-state index contributed by atoms with van der Waals surface area (Å²) in [6.07, 6.45) is -1.86. The Labute approximate surface area is 78.9 Å². The highest BCUT2D eigenvalue weighted by molar-refractivity contribution is 5.84. The molecular weight excluding hydrogens is 202 g/mol. The number of rotatable bonds is 2. The summed E-state index contributed by atoms with van der Waals surface area (Å²) < 4.78 is 48.8. The van der Waals surface area contributed by atoms with Crippen LogP contribution >= 0.6 is 0 Å². The van der Waals surface area contributed by atoms with Crippen LogP contribution in [-0.4, -0.2) is 36.2 Å². The first kappa shape index (κ1) is 11.3. The molecule has 0 aromatic carbocycles. The van der Waals surface area contributed by atoms with Crippen LogP contribution in [0.25, 0.3) is 0 Å². The number of halogens is 4. The zero-order valence-electron chi connectivity index (χ0n) is 7.48.